The van der Waals surface area contributed by atoms with Crippen molar-refractivity contribution in [2.75, 3.05) is 35.2 Å². The van der Waals surface area contributed by atoms with E-state index < -0.39 is 0 Å². The second-order valence-corrected chi connectivity index (χ2v) is 4.69. The molecule has 1 aromatic rings. The fourth-order valence-electron chi connectivity index (χ4n) is 1.64. The molecule has 1 N–H and O–H groups in total. The van der Waals surface area contributed by atoms with Crippen molar-refractivity contribution in [1.29, 1.82) is 0 Å². The van der Waals surface area contributed by atoms with Crippen LogP contribution in [0.1, 0.15) is 15.9 Å². The van der Waals surface area contributed by atoms with E-state index in [1.165, 1.54) is 0 Å². The minimum absolute atomic E-state index is 0. The van der Waals surface area contributed by atoms with Gasteiger partial charge in [-0.05, 0) is 17.7 Å². The summed E-state index contributed by atoms with van der Waals surface area (Å²) in [5.41, 5.74) is 1.81. The standard InChI is InChI=1S/C14H22N4O.HI/c1-15-14(18(4)5)16-10-11-6-8-12(9-7-11)13(19)17(2)3;/h6-9H,10H2,1-5H3,(H,15,16);1H. The Bertz CT molecular complexity index is 455. The SMILES string of the molecule is CN=C(NCc1ccc(C(=O)N(C)C)cc1)N(C)C.I. The van der Waals surface area contributed by atoms with Gasteiger partial charge in [-0.1, -0.05) is 12.1 Å². The summed E-state index contributed by atoms with van der Waals surface area (Å²) in [5.74, 6) is 0.844. The summed E-state index contributed by atoms with van der Waals surface area (Å²) < 4.78 is 0. The fraction of sp³-hybridized carbons (Fsp3) is 0.429. The van der Waals surface area contributed by atoms with Crippen molar-refractivity contribution in [1.82, 2.24) is 15.1 Å². The van der Waals surface area contributed by atoms with Crippen molar-refractivity contribution in [3.05, 3.63) is 35.4 Å². The maximum Gasteiger partial charge on any atom is 0.253 e. The first kappa shape index (κ1) is 18.7. The Balaban J connectivity index is 0.00000361. The number of rotatable bonds is 3. The van der Waals surface area contributed by atoms with Gasteiger partial charge in [-0.2, -0.15) is 0 Å². The summed E-state index contributed by atoms with van der Waals surface area (Å²) in [6.45, 7) is 0.682. The molecule has 0 saturated carbocycles. The number of carbonyl (C=O) groups excluding carboxylic acids is 1. The van der Waals surface area contributed by atoms with Gasteiger partial charge >= 0.3 is 0 Å². The Morgan fingerprint density at radius 1 is 1.10 bits per heavy atom. The molecule has 0 aliphatic heterocycles. The monoisotopic (exact) mass is 390 g/mol. The summed E-state index contributed by atoms with van der Waals surface area (Å²) in [5, 5.41) is 3.24. The lowest BCUT2D eigenvalue weighted by atomic mass is 10.1. The zero-order valence-corrected chi connectivity index (χ0v) is 15.0. The number of nitrogens with zero attached hydrogens (tertiary/aromatic N) is 3. The largest absolute Gasteiger partial charge is 0.352 e. The highest BCUT2D eigenvalue weighted by atomic mass is 127. The predicted octanol–water partition coefficient (Wildman–Crippen LogP) is 1.64. The highest BCUT2D eigenvalue weighted by Gasteiger charge is 2.07. The molecule has 112 valence electrons. The van der Waals surface area contributed by atoms with Gasteiger partial charge in [0.15, 0.2) is 5.96 Å². The quantitative estimate of drug-likeness (QED) is 0.485. The van der Waals surface area contributed by atoms with E-state index in [4.69, 9.17) is 0 Å². The fourth-order valence-corrected chi connectivity index (χ4v) is 1.64. The third kappa shape index (κ3) is 5.36. The minimum Gasteiger partial charge on any atom is -0.352 e. The first-order valence-electron chi connectivity index (χ1n) is 6.14. The summed E-state index contributed by atoms with van der Waals surface area (Å²) in [6, 6.07) is 7.59. The van der Waals surface area contributed by atoms with E-state index in [2.05, 4.69) is 10.3 Å². The first-order valence-corrected chi connectivity index (χ1v) is 6.14. The number of amides is 1. The molecule has 1 aromatic carbocycles. The lowest BCUT2D eigenvalue weighted by molar-refractivity contribution is 0.0827. The smallest absolute Gasteiger partial charge is 0.253 e. The molecule has 1 amide bonds. The molecule has 0 saturated heterocycles. The van der Waals surface area contributed by atoms with Crippen molar-refractivity contribution in [2.45, 2.75) is 6.54 Å². The van der Waals surface area contributed by atoms with Crippen LogP contribution in [0.5, 0.6) is 0 Å². The van der Waals surface area contributed by atoms with Crippen LogP contribution in [0.4, 0.5) is 0 Å². The molecule has 0 spiro atoms. The Labute approximate surface area is 138 Å². The number of benzene rings is 1. The Kier molecular flexibility index (Phi) is 8.21. The molecule has 5 nitrogen and oxygen atoms in total. The van der Waals surface area contributed by atoms with E-state index >= 15 is 0 Å². The summed E-state index contributed by atoms with van der Waals surface area (Å²) in [7, 11) is 9.13. The summed E-state index contributed by atoms with van der Waals surface area (Å²) >= 11 is 0. The molecular formula is C14H23IN4O. The van der Waals surface area contributed by atoms with Gasteiger partial charge in [0.05, 0.1) is 0 Å². The maximum absolute atomic E-state index is 11.7. The third-order valence-corrected chi connectivity index (χ3v) is 2.69. The molecule has 0 radical (unpaired) electrons. The highest BCUT2D eigenvalue weighted by molar-refractivity contribution is 14.0. The molecular weight excluding hydrogens is 367 g/mol. The molecule has 0 fully saturated rings. The molecule has 1 rings (SSSR count). The number of carbonyl (C=O) groups is 1. The predicted molar refractivity (Wildman–Crippen MR) is 93.8 cm³/mol. The average molecular weight is 390 g/mol. The number of halogens is 1. The van der Waals surface area contributed by atoms with Crippen molar-refractivity contribution in [3.63, 3.8) is 0 Å². The zero-order valence-electron chi connectivity index (χ0n) is 12.7. The van der Waals surface area contributed by atoms with Crippen LogP contribution in [0.15, 0.2) is 29.3 Å². The van der Waals surface area contributed by atoms with Crippen LogP contribution in [0.25, 0.3) is 0 Å². The molecule has 0 unspecified atom stereocenters. The minimum atomic E-state index is 0. The van der Waals surface area contributed by atoms with E-state index in [0.717, 1.165) is 11.5 Å². The van der Waals surface area contributed by atoms with Crippen molar-refractivity contribution in [3.8, 4) is 0 Å². The van der Waals surface area contributed by atoms with E-state index in [9.17, 15) is 4.79 Å². The van der Waals surface area contributed by atoms with Crippen LogP contribution < -0.4 is 5.32 Å². The topological polar surface area (TPSA) is 47.9 Å². The number of nitrogens with one attached hydrogen (secondary N) is 1. The van der Waals surface area contributed by atoms with Gasteiger partial charge in [-0.3, -0.25) is 9.79 Å². The molecule has 0 aromatic heterocycles. The third-order valence-electron chi connectivity index (χ3n) is 2.69. The lowest BCUT2D eigenvalue weighted by Crippen LogP contribution is -2.35. The molecule has 0 heterocycles. The molecule has 0 aliphatic carbocycles. The van der Waals surface area contributed by atoms with E-state index in [-0.39, 0.29) is 29.9 Å². The second kappa shape index (κ2) is 8.78. The Hall–Kier alpha value is -1.31. The van der Waals surface area contributed by atoms with Crippen molar-refractivity contribution < 1.29 is 4.79 Å². The van der Waals surface area contributed by atoms with Gasteiger partial charge in [0, 0.05) is 47.3 Å². The van der Waals surface area contributed by atoms with Gasteiger partial charge in [-0.15, -0.1) is 24.0 Å². The van der Waals surface area contributed by atoms with Crippen LogP contribution >= 0.6 is 24.0 Å². The van der Waals surface area contributed by atoms with Crippen LogP contribution in [0.3, 0.4) is 0 Å². The lowest BCUT2D eigenvalue weighted by Gasteiger charge is -2.17. The highest BCUT2D eigenvalue weighted by Crippen LogP contribution is 2.06. The zero-order chi connectivity index (χ0) is 14.4. The van der Waals surface area contributed by atoms with Crippen LogP contribution in [0.2, 0.25) is 0 Å². The van der Waals surface area contributed by atoms with E-state index in [0.29, 0.717) is 12.1 Å². The van der Waals surface area contributed by atoms with Gasteiger partial charge in [-0.25, -0.2) is 0 Å². The molecule has 0 aliphatic rings. The van der Waals surface area contributed by atoms with Gasteiger partial charge in [0.25, 0.3) is 5.91 Å². The summed E-state index contributed by atoms with van der Waals surface area (Å²) in [4.78, 5) is 19.4. The Morgan fingerprint density at radius 2 is 1.65 bits per heavy atom. The molecule has 0 bridgehead atoms. The van der Waals surface area contributed by atoms with Crippen molar-refractivity contribution in [2.24, 2.45) is 4.99 Å². The van der Waals surface area contributed by atoms with E-state index in [1.54, 1.807) is 26.0 Å². The number of aliphatic imine (C=N–C) groups is 1. The van der Waals surface area contributed by atoms with Crippen molar-refractivity contribution >= 4 is 35.8 Å². The normalized spacial score (nSPS) is 10.6. The van der Waals surface area contributed by atoms with Crippen LogP contribution in [-0.2, 0) is 6.54 Å². The average Bonchev–Trinajstić information content (AvgIpc) is 2.38. The van der Waals surface area contributed by atoms with E-state index in [1.807, 2.05) is 43.3 Å². The number of guanidine groups is 1. The summed E-state index contributed by atoms with van der Waals surface area (Å²) in [6.07, 6.45) is 0. The van der Waals surface area contributed by atoms with Gasteiger partial charge in [0.1, 0.15) is 0 Å². The van der Waals surface area contributed by atoms with Gasteiger partial charge < -0.3 is 15.1 Å². The first-order chi connectivity index (χ1) is 8.95. The Morgan fingerprint density at radius 3 is 2.05 bits per heavy atom. The number of hydrogen-bond acceptors (Lipinski definition) is 2. The second-order valence-electron chi connectivity index (χ2n) is 4.69. The van der Waals surface area contributed by atoms with Crippen LogP contribution in [-0.4, -0.2) is 56.9 Å². The molecule has 6 heteroatoms. The molecule has 0 atom stereocenters. The van der Waals surface area contributed by atoms with Crippen LogP contribution in [0, 0.1) is 0 Å². The maximum atomic E-state index is 11.7. The number of hydrogen-bond donors (Lipinski definition) is 1. The van der Waals surface area contributed by atoms with Gasteiger partial charge in [0.2, 0.25) is 0 Å². The molecule has 20 heavy (non-hydrogen) atoms.